The monoisotopic (exact) mass is 337 g/mol. The van der Waals surface area contributed by atoms with Crippen molar-refractivity contribution in [3.8, 4) is 5.69 Å². The number of aryl methyl sites for hydroxylation is 2. The lowest BCUT2D eigenvalue weighted by atomic mass is 10.1. The summed E-state index contributed by atoms with van der Waals surface area (Å²) in [5, 5.41) is 7.29. The zero-order valence-corrected chi connectivity index (χ0v) is 14.5. The first-order chi connectivity index (χ1) is 12.0. The number of anilines is 1. The molecule has 0 saturated carbocycles. The van der Waals surface area contributed by atoms with E-state index in [0.29, 0.717) is 11.3 Å². The molecule has 25 heavy (non-hydrogen) atoms. The van der Waals surface area contributed by atoms with Gasteiger partial charge in [0.15, 0.2) is 0 Å². The van der Waals surface area contributed by atoms with Gasteiger partial charge >= 0.3 is 0 Å². The molecular weight excluding hydrogens is 317 g/mol. The van der Waals surface area contributed by atoms with E-state index in [-0.39, 0.29) is 18.1 Å². The number of para-hydroxylation sites is 1. The lowest BCUT2D eigenvalue weighted by Crippen LogP contribution is -2.15. The highest BCUT2D eigenvalue weighted by molar-refractivity contribution is 5.92. The van der Waals surface area contributed by atoms with Gasteiger partial charge in [-0.3, -0.25) is 4.79 Å². The average molecular weight is 337 g/mol. The minimum Gasteiger partial charge on any atom is -0.326 e. The zero-order valence-electron chi connectivity index (χ0n) is 14.5. The number of benzene rings is 2. The van der Waals surface area contributed by atoms with E-state index in [1.54, 1.807) is 19.1 Å². The summed E-state index contributed by atoms with van der Waals surface area (Å²) < 4.78 is 15.4. The molecule has 128 valence electrons. The summed E-state index contributed by atoms with van der Waals surface area (Å²) in [5.41, 5.74) is 4.58. The Bertz CT molecular complexity index is 916. The van der Waals surface area contributed by atoms with Crippen LogP contribution in [0, 0.1) is 26.6 Å². The van der Waals surface area contributed by atoms with E-state index >= 15 is 0 Å². The standard InChI is InChI=1S/C20H20FN3O/c1-13-9-10-16(11-19(13)21)22-20(25)12-18-14(2)23-24(15(18)3)17-7-5-4-6-8-17/h4-11H,12H2,1-3H3,(H,22,25). The minimum absolute atomic E-state index is 0.193. The van der Waals surface area contributed by atoms with Gasteiger partial charge in [0.2, 0.25) is 5.91 Å². The summed E-state index contributed by atoms with van der Waals surface area (Å²) >= 11 is 0. The summed E-state index contributed by atoms with van der Waals surface area (Å²) in [6, 6.07) is 14.5. The maximum Gasteiger partial charge on any atom is 0.228 e. The van der Waals surface area contributed by atoms with Crippen molar-refractivity contribution in [2.45, 2.75) is 27.2 Å². The molecule has 1 heterocycles. The van der Waals surface area contributed by atoms with Crippen LogP contribution in [0.5, 0.6) is 0 Å². The van der Waals surface area contributed by atoms with E-state index in [1.807, 2.05) is 48.9 Å². The minimum atomic E-state index is -0.331. The largest absolute Gasteiger partial charge is 0.326 e. The molecule has 2 aromatic carbocycles. The van der Waals surface area contributed by atoms with Crippen LogP contribution in [0.3, 0.4) is 0 Å². The van der Waals surface area contributed by atoms with E-state index < -0.39 is 0 Å². The quantitative estimate of drug-likeness (QED) is 0.778. The number of carbonyl (C=O) groups excluding carboxylic acids is 1. The van der Waals surface area contributed by atoms with Crippen LogP contribution in [0.1, 0.15) is 22.5 Å². The van der Waals surface area contributed by atoms with Crippen molar-refractivity contribution in [3.05, 3.63) is 76.9 Å². The molecule has 0 bridgehead atoms. The molecule has 0 spiro atoms. The zero-order chi connectivity index (χ0) is 18.0. The third-order valence-electron chi connectivity index (χ3n) is 4.23. The number of nitrogens with zero attached hydrogens (tertiary/aromatic N) is 2. The number of amides is 1. The molecule has 0 fully saturated rings. The molecule has 0 aliphatic carbocycles. The van der Waals surface area contributed by atoms with E-state index in [4.69, 9.17) is 0 Å². The number of aromatic nitrogens is 2. The Labute approximate surface area is 146 Å². The Morgan fingerprint density at radius 3 is 2.52 bits per heavy atom. The second-order valence-corrected chi connectivity index (χ2v) is 6.09. The Kier molecular flexibility index (Phi) is 4.65. The van der Waals surface area contributed by atoms with Gasteiger partial charge in [0, 0.05) is 16.9 Å². The molecule has 0 aliphatic heterocycles. The normalized spacial score (nSPS) is 10.7. The van der Waals surface area contributed by atoms with Gasteiger partial charge in [-0.15, -0.1) is 0 Å². The van der Waals surface area contributed by atoms with Crippen LogP contribution in [0.15, 0.2) is 48.5 Å². The van der Waals surface area contributed by atoms with Crippen LogP contribution in [-0.2, 0) is 11.2 Å². The van der Waals surface area contributed by atoms with Crippen LogP contribution in [-0.4, -0.2) is 15.7 Å². The predicted molar refractivity (Wildman–Crippen MR) is 96.5 cm³/mol. The maximum atomic E-state index is 13.6. The van der Waals surface area contributed by atoms with Crippen LogP contribution in [0.25, 0.3) is 5.69 Å². The molecular formula is C20H20FN3O. The highest BCUT2D eigenvalue weighted by Crippen LogP contribution is 2.19. The first-order valence-corrected chi connectivity index (χ1v) is 8.12. The van der Waals surface area contributed by atoms with Crippen molar-refractivity contribution in [3.63, 3.8) is 0 Å². The van der Waals surface area contributed by atoms with Crippen LogP contribution >= 0.6 is 0 Å². The summed E-state index contributed by atoms with van der Waals surface area (Å²) in [7, 11) is 0. The summed E-state index contributed by atoms with van der Waals surface area (Å²) in [6.45, 7) is 5.52. The fraction of sp³-hybridized carbons (Fsp3) is 0.200. The van der Waals surface area contributed by atoms with E-state index in [9.17, 15) is 9.18 Å². The van der Waals surface area contributed by atoms with Crippen molar-refractivity contribution in [1.82, 2.24) is 9.78 Å². The smallest absolute Gasteiger partial charge is 0.228 e. The molecule has 5 heteroatoms. The molecule has 1 aromatic heterocycles. The van der Waals surface area contributed by atoms with Gasteiger partial charge in [-0.2, -0.15) is 5.10 Å². The van der Waals surface area contributed by atoms with Crippen LogP contribution in [0.2, 0.25) is 0 Å². The van der Waals surface area contributed by atoms with E-state index in [1.165, 1.54) is 6.07 Å². The third kappa shape index (κ3) is 3.60. The van der Waals surface area contributed by atoms with Crippen molar-refractivity contribution in [2.24, 2.45) is 0 Å². The second kappa shape index (κ2) is 6.89. The van der Waals surface area contributed by atoms with Crippen molar-refractivity contribution < 1.29 is 9.18 Å². The molecule has 0 atom stereocenters. The fourth-order valence-corrected chi connectivity index (χ4v) is 2.79. The number of halogens is 1. The molecule has 1 N–H and O–H groups in total. The lowest BCUT2D eigenvalue weighted by Gasteiger charge is -2.07. The molecule has 0 radical (unpaired) electrons. The highest BCUT2D eigenvalue weighted by atomic mass is 19.1. The first-order valence-electron chi connectivity index (χ1n) is 8.12. The molecule has 0 unspecified atom stereocenters. The number of hydrogen-bond acceptors (Lipinski definition) is 2. The number of nitrogens with one attached hydrogen (secondary N) is 1. The summed E-state index contributed by atoms with van der Waals surface area (Å²) in [5.74, 6) is -0.524. The third-order valence-corrected chi connectivity index (χ3v) is 4.23. The van der Waals surface area contributed by atoms with Gasteiger partial charge in [0.1, 0.15) is 5.82 Å². The topological polar surface area (TPSA) is 46.9 Å². The molecule has 3 aromatic rings. The SMILES string of the molecule is Cc1ccc(NC(=O)Cc2c(C)nn(-c3ccccc3)c2C)cc1F. The number of carbonyl (C=O) groups is 1. The predicted octanol–water partition coefficient (Wildman–Crippen LogP) is 4.12. The number of hydrogen-bond donors (Lipinski definition) is 1. The average Bonchev–Trinajstić information content (AvgIpc) is 2.87. The number of rotatable bonds is 4. The Morgan fingerprint density at radius 1 is 1.12 bits per heavy atom. The molecule has 0 aliphatic rings. The first kappa shape index (κ1) is 16.9. The fourth-order valence-electron chi connectivity index (χ4n) is 2.79. The van der Waals surface area contributed by atoms with Crippen LogP contribution in [0.4, 0.5) is 10.1 Å². The van der Waals surface area contributed by atoms with Gasteiger partial charge in [-0.1, -0.05) is 24.3 Å². The Morgan fingerprint density at radius 2 is 1.84 bits per heavy atom. The van der Waals surface area contributed by atoms with Gasteiger partial charge in [-0.05, 0) is 50.6 Å². The van der Waals surface area contributed by atoms with Gasteiger partial charge in [0.25, 0.3) is 0 Å². The summed E-state index contributed by atoms with van der Waals surface area (Å²) in [6.07, 6.45) is 0.194. The molecule has 4 nitrogen and oxygen atoms in total. The molecule has 0 saturated heterocycles. The Hall–Kier alpha value is -2.95. The maximum absolute atomic E-state index is 13.6. The van der Waals surface area contributed by atoms with E-state index in [2.05, 4.69) is 10.4 Å². The highest BCUT2D eigenvalue weighted by Gasteiger charge is 2.16. The van der Waals surface area contributed by atoms with Crippen molar-refractivity contribution >= 4 is 11.6 Å². The second-order valence-electron chi connectivity index (χ2n) is 6.09. The van der Waals surface area contributed by atoms with Crippen molar-refractivity contribution in [1.29, 1.82) is 0 Å². The van der Waals surface area contributed by atoms with Gasteiger partial charge < -0.3 is 5.32 Å². The molecule has 1 amide bonds. The summed E-state index contributed by atoms with van der Waals surface area (Å²) in [4.78, 5) is 12.4. The lowest BCUT2D eigenvalue weighted by molar-refractivity contribution is -0.115. The van der Waals surface area contributed by atoms with Gasteiger partial charge in [-0.25, -0.2) is 9.07 Å². The molecule has 3 rings (SSSR count). The van der Waals surface area contributed by atoms with Crippen LogP contribution < -0.4 is 5.32 Å². The Balaban J connectivity index is 1.79. The van der Waals surface area contributed by atoms with E-state index in [0.717, 1.165) is 22.6 Å². The van der Waals surface area contributed by atoms with Crippen molar-refractivity contribution in [2.75, 3.05) is 5.32 Å². The van der Waals surface area contributed by atoms with Gasteiger partial charge in [0.05, 0.1) is 17.8 Å².